The van der Waals surface area contributed by atoms with Crippen molar-refractivity contribution in [3.8, 4) is 5.75 Å². The summed E-state index contributed by atoms with van der Waals surface area (Å²) in [6.45, 7) is 7.51. The number of hydrogen-bond acceptors (Lipinski definition) is 3. The number of anilines is 2. The van der Waals surface area contributed by atoms with Gasteiger partial charge in [-0.05, 0) is 62.9 Å². The van der Waals surface area contributed by atoms with Crippen LogP contribution >= 0.6 is 11.6 Å². The summed E-state index contributed by atoms with van der Waals surface area (Å²) in [6.07, 6.45) is 1.19. The molecule has 0 saturated carbocycles. The van der Waals surface area contributed by atoms with Crippen molar-refractivity contribution in [2.45, 2.75) is 39.7 Å². The van der Waals surface area contributed by atoms with Gasteiger partial charge in [0.1, 0.15) is 11.9 Å². The number of nitrogens with zero attached hydrogens (tertiary/aromatic N) is 2. The average Bonchev–Trinajstić information content (AvgIpc) is 2.75. The van der Waals surface area contributed by atoms with Crippen molar-refractivity contribution in [2.24, 2.45) is 5.92 Å². The highest BCUT2D eigenvalue weighted by atomic mass is 35.5. The van der Waals surface area contributed by atoms with Crippen LogP contribution in [0.3, 0.4) is 0 Å². The maximum Gasteiger partial charge on any atom is 0.324 e. The summed E-state index contributed by atoms with van der Waals surface area (Å²) in [5.74, 6) is 0.592. The maximum absolute atomic E-state index is 13.3. The van der Waals surface area contributed by atoms with E-state index in [0.29, 0.717) is 48.9 Å². The second-order valence-corrected chi connectivity index (χ2v) is 8.89. The first-order valence-corrected chi connectivity index (χ1v) is 11.1. The fourth-order valence-corrected chi connectivity index (χ4v) is 4.50. The Balaban J connectivity index is 1.41. The van der Waals surface area contributed by atoms with Crippen molar-refractivity contribution in [3.63, 3.8) is 0 Å². The molecule has 0 radical (unpaired) electrons. The molecule has 1 fully saturated rings. The van der Waals surface area contributed by atoms with Crippen molar-refractivity contribution in [1.82, 2.24) is 4.90 Å². The molecule has 0 aromatic heterocycles. The standard InChI is InChI=1S/C24H28ClN3O3/c1-15-5-4-6-16(2)22(15)26-23(29)18-9-11-27(12-10-18)24(30)28-14-17(3)31-21-8-7-19(25)13-20(21)28/h4-8,13,17-18H,9-12,14H2,1-3H3,(H,26,29)/t17-/m1/s1. The van der Waals surface area contributed by atoms with Gasteiger partial charge in [0.05, 0.1) is 12.2 Å². The molecule has 0 spiro atoms. The number of carbonyl (C=O) groups excluding carboxylic acids is 2. The number of piperidine rings is 1. The first kappa shape index (κ1) is 21.5. The van der Waals surface area contributed by atoms with Gasteiger partial charge in [0.2, 0.25) is 5.91 Å². The SMILES string of the molecule is Cc1cccc(C)c1NC(=O)C1CCN(C(=O)N2C[C@@H](C)Oc3ccc(Cl)cc32)CC1. The molecule has 0 bridgehead atoms. The molecule has 2 heterocycles. The van der Waals surface area contributed by atoms with Crippen LogP contribution in [0.4, 0.5) is 16.2 Å². The first-order chi connectivity index (χ1) is 14.8. The quantitative estimate of drug-likeness (QED) is 0.712. The van der Waals surface area contributed by atoms with Crippen LogP contribution in [0.2, 0.25) is 5.02 Å². The van der Waals surface area contributed by atoms with Crippen LogP contribution in [-0.2, 0) is 4.79 Å². The van der Waals surface area contributed by atoms with Crippen LogP contribution in [0.15, 0.2) is 36.4 Å². The van der Waals surface area contributed by atoms with Crippen LogP contribution in [0.5, 0.6) is 5.75 Å². The third-order valence-electron chi connectivity index (χ3n) is 6.08. The molecule has 1 N–H and O–H groups in total. The van der Waals surface area contributed by atoms with Crippen LogP contribution in [0.25, 0.3) is 0 Å². The Bertz CT molecular complexity index is 981. The Morgan fingerprint density at radius 1 is 1.10 bits per heavy atom. The van der Waals surface area contributed by atoms with Gasteiger partial charge in [0, 0.05) is 29.7 Å². The van der Waals surface area contributed by atoms with Crippen LogP contribution < -0.4 is 15.0 Å². The highest BCUT2D eigenvalue weighted by Crippen LogP contribution is 2.36. The number of amides is 3. The van der Waals surface area contributed by atoms with Gasteiger partial charge in [0.25, 0.3) is 0 Å². The molecule has 2 aliphatic rings. The number of benzene rings is 2. The zero-order chi connectivity index (χ0) is 22.1. The largest absolute Gasteiger partial charge is 0.487 e. The van der Waals surface area contributed by atoms with Gasteiger partial charge in [-0.1, -0.05) is 29.8 Å². The van der Waals surface area contributed by atoms with E-state index >= 15 is 0 Å². The number of fused-ring (bicyclic) bond motifs is 1. The number of likely N-dealkylation sites (tertiary alicyclic amines) is 1. The van der Waals surface area contributed by atoms with Crippen molar-refractivity contribution in [1.29, 1.82) is 0 Å². The van der Waals surface area contributed by atoms with Crippen LogP contribution in [-0.4, -0.2) is 42.6 Å². The third-order valence-corrected chi connectivity index (χ3v) is 6.31. The van der Waals surface area contributed by atoms with E-state index in [9.17, 15) is 9.59 Å². The number of urea groups is 1. The van der Waals surface area contributed by atoms with E-state index in [0.717, 1.165) is 16.8 Å². The second-order valence-electron chi connectivity index (χ2n) is 8.45. The molecule has 1 saturated heterocycles. The van der Waals surface area contributed by atoms with Crippen LogP contribution in [0.1, 0.15) is 30.9 Å². The van der Waals surface area contributed by atoms with Gasteiger partial charge >= 0.3 is 6.03 Å². The van der Waals surface area contributed by atoms with E-state index in [1.807, 2.05) is 43.9 Å². The number of nitrogens with one attached hydrogen (secondary N) is 1. The number of halogens is 1. The predicted molar refractivity (Wildman–Crippen MR) is 123 cm³/mol. The van der Waals surface area contributed by atoms with E-state index < -0.39 is 0 Å². The van der Waals surface area contributed by atoms with Gasteiger partial charge in [0.15, 0.2) is 0 Å². The van der Waals surface area contributed by atoms with E-state index in [4.69, 9.17) is 16.3 Å². The molecule has 2 aliphatic heterocycles. The number of hydrogen-bond donors (Lipinski definition) is 1. The average molecular weight is 442 g/mol. The lowest BCUT2D eigenvalue weighted by Crippen LogP contribution is -2.51. The fourth-order valence-electron chi connectivity index (χ4n) is 4.33. The highest BCUT2D eigenvalue weighted by molar-refractivity contribution is 6.31. The normalized spacial score (nSPS) is 18.9. The molecular formula is C24H28ClN3O3. The van der Waals surface area contributed by atoms with E-state index in [1.54, 1.807) is 23.1 Å². The Kier molecular flexibility index (Phi) is 6.10. The molecule has 3 amide bonds. The predicted octanol–water partition coefficient (Wildman–Crippen LogP) is 5.01. The number of ether oxygens (including phenoxy) is 1. The number of aryl methyl sites for hydroxylation is 2. The molecule has 6 nitrogen and oxygen atoms in total. The summed E-state index contributed by atoms with van der Waals surface area (Å²) >= 11 is 6.16. The Morgan fingerprint density at radius 2 is 1.77 bits per heavy atom. The Labute approximate surface area is 188 Å². The fraction of sp³-hybridized carbons (Fsp3) is 0.417. The Hall–Kier alpha value is -2.73. The highest BCUT2D eigenvalue weighted by Gasteiger charge is 2.34. The van der Waals surface area contributed by atoms with Gasteiger partial charge < -0.3 is 15.0 Å². The summed E-state index contributed by atoms with van der Waals surface area (Å²) in [5.41, 5.74) is 3.70. The zero-order valence-electron chi connectivity index (χ0n) is 18.2. The van der Waals surface area contributed by atoms with Crippen LogP contribution in [0, 0.1) is 19.8 Å². The van der Waals surface area contributed by atoms with Crippen molar-refractivity contribution in [3.05, 3.63) is 52.5 Å². The monoisotopic (exact) mass is 441 g/mol. The lowest BCUT2D eigenvalue weighted by Gasteiger charge is -2.39. The van der Waals surface area contributed by atoms with Crippen molar-refractivity contribution < 1.29 is 14.3 Å². The smallest absolute Gasteiger partial charge is 0.324 e. The lowest BCUT2D eigenvalue weighted by molar-refractivity contribution is -0.121. The molecule has 4 rings (SSSR count). The molecule has 31 heavy (non-hydrogen) atoms. The first-order valence-electron chi connectivity index (χ1n) is 10.7. The molecule has 1 atom stereocenters. The summed E-state index contributed by atoms with van der Waals surface area (Å²) in [5, 5.41) is 3.66. The summed E-state index contributed by atoms with van der Waals surface area (Å²) in [4.78, 5) is 29.7. The number of carbonyl (C=O) groups is 2. The second kappa shape index (κ2) is 8.79. The van der Waals surface area contributed by atoms with Crippen molar-refractivity contribution >= 4 is 34.9 Å². The van der Waals surface area contributed by atoms with Gasteiger partial charge in [-0.3, -0.25) is 9.69 Å². The van der Waals surface area contributed by atoms with E-state index in [-0.39, 0.29) is 24.0 Å². The minimum atomic E-state index is -0.103. The van der Waals surface area contributed by atoms with E-state index in [1.165, 1.54) is 0 Å². The lowest BCUT2D eigenvalue weighted by atomic mass is 9.95. The molecule has 7 heteroatoms. The molecule has 0 aliphatic carbocycles. The van der Waals surface area contributed by atoms with Gasteiger partial charge in [-0.15, -0.1) is 0 Å². The van der Waals surface area contributed by atoms with Gasteiger partial charge in [-0.2, -0.15) is 0 Å². The van der Waals surface area contributed by atoms with Gasteiger partial charge in [-0.25, -0.2) is 4.79 Å². The minimum absolute atomic E-state index is 0.0293. The topological polar surface area (TPSA) is 61.9 Å². The van der Waals surface area contributed by atoms with E-state index in [2.05, 4.69) is 5.32 Å². The summed E-state index contributed by atoms with van der Waals surface area (Å²) in [6, 6.07) is 11.3. The molecule has 164 valence electrons. The summed E-state index contributed by atoms with van der Waals surface area (Å²) < 4.78 is 5.85. The Morgan fingerprint density at radius 3 is 2.45 bits per heavy atom. The molecular weight excluding hydrogens is 414 g/mol. The zero-order valence-corrected chi connectivity index (χ0v) is 18.9. The summed E-state index contributed by atoms with van der Waals surface area (Å²) in [7, 11) is 0. The number of rotatable bonds is 2. The maximum atomic E-state index is 13.3. The number of para-hydroxylation sites is 1. The molecule has 2 aromatic carbocycles. The van der Waals surface area contributed by atoms with Crippen molar-refractivity contribution in [2.75, 3.05) is 29.9 Å². The molecule has 0 unspecified atom stereocenters. The third kappa shape index (κ3) is 4.49. The minimum Gasteiger partial charge on any atom is -0.487 e. The molecule has 2 aromatic rings.